The molecule has 1 amide bonds. The minimum absolute atomic E-state index is 0.0177. The number of fused-ring (bicyclic) bond motifs is 3. The van der Waals surface area contributed by atoms with E-state index in [1.165, 1.54) is 0 Å². The van der Waals surface area contributed by atoms with Crippen molar-refractivity contribution in [2.24, 2.45) is 7.05 Å². The number of rotatable bonds is 3. The van der Waals surface area contributed by atoms with Gasteiger partial charge < -0.3 is 9.47 Å². The zero-order valence-corrected chi connectivity index (χ0v) is 13.7. The molecule has 23 heavy (non-hydrogen) atoms. The number of nitrogens with zero attached hydrogens (tertiary/aromatic N) is 2. The summed E-state index contributed by atoms with van der Waals surface area (Å²) >= 11 is 0. The molecule has 0 N–H and O–H groups in total. The van der Waals surface area contributed by atoms with Crippen molar-refractivity contribution in [3.05, 3.63) is 58.4 Å². The second-order valence-electron chi connectivity index (χ2n) is 5.62. The van der Waals surface area contributed by atoms with E-state index in [9.17, 15) is 9.59 Å². The largest absolute Gasteiger partial charge is 0.339 e. The van der Waals surface area contributed by atoms with Crippen molar-refractivity contribution in [2.45, 2.75) is 13.8 Å². The molecule has 0 bridgehead atoms. The molecule has 0 atom stereocenters. The smallest absolute Gasteiger partial charge is 0.258 e. The van der Waals surface area contributed by atoms with Crippen LogP contribution in [0.2, 0.25) is 0 Å². The summed E-state index contributed by atoms with van der Waals surface area (Å²) in [5, 5.41) is 2.50. The van der Waals surface area contributed by atoms with E-state index >= 15 is 0 Å². The lowest BCUT2D eigenvalue weighted by Gasteiger charge is -2.19. The molecule has 0 radical (unpaired) electrons. The van der Waals surface area contributed by atoms with E-state index in [1.54, 1.807) is 22.6 Å². The molecule has 118 valence electrons. The Balaban J connectivity index is 2.31. The number of pyridine rings is 1. The minimum atomic E-state index is -0.0177. The summed E-state index contributed by atoms with van der Waals surface area (Å²) in [5.41, 5.74) is 1.48. The molecule has 0 aliphatic heterocycles. The summed E-state index contributed by atoms with van der Waals surface area (Å²) < 4.78 is 1.64. The maximum absolute atomic E-state index is 12.6. The predicted molar refractivity (Wildman–Crippen MR) is 93.9 cm³/mol. The van der Waals surface area contributed by atoms with Gasteiger partial charge in [0.15, 0.2) is 0 Å². The van der Waals surface area contributed by atoms with E-state index in [0.717, 1.165) is 16.3 Å². The fourth-order valence-corrected chi connectivity index (χ4v) is 3.07. The van der Waals surface area contributed by atoms with Crippen LogP contribution in [0.5, 0.6) is 0 Å². The highest BCUT2D eigenvalue weighted by atomic mass is 16.2. The maximum Gasteiger partial charge on any atom is 0.258 e. The molecule has 0 spiro atoms. The standard InChI is InChI=1S/C19H20N2O2/c1-4-21(5-2)18(22)13-10-11-17-16(12-13)14-8-6-7-9-15(14)19(23)20(17)3/h6-12H,4-5H2,1-3H3. The molecule has 4 heteroatoms. The van der Waals surface area contributed by atoms with Crippen LogP contribution in [-0.4, -0.2) is 28.5 Å². The fraction of sp³-hybridized carbons (Fsp3) is 0.263. The van der Waals surface area contributed by atoms with Gasteiger partial charge >= 0.3 is 0 Å². The lowest BCUT2D eigenvalue weighted by molar-refractivity contribution is 0.0773. The molecule has 1 heterocycles. The Morgan fingerprint density at radius 3 is 2.30 bits per heavy atom. The number of aryl methyl sites for hydroxylation is 1. The van der Waals surface area contributed by atoms with E-state index in [0.29, 0.717) is 24.0 Å². The SMILES string of the molecule is CCN(CC)C(=O)c1ccc2c(c1)c1ccccc1c(=O)n2C. The van der Waals surface area contributed by atoms with Gasteiger partial charge in [-0.1, -0.05) is 18.2 Å². The van der Waals surface area contributed by atoms with Gasteiger partial charge in [0, 0.05) is 36.5 Å². The Kier molecular flexibility index (Phi) is 3.90. The highest BCUT2D eigenvalue weighted by Crippen LogP contribution is 2.24. The van der Waals surface area contributed by atoms with Crippen LogP contribution in [0.3, 0.4) is 0 Å². The fourth-order valence-electron chi connectivity index (χ4n) is 3.07. The van der Waals surface area contributed by atoms with Crippen LogP contribution < -0.4 is 5.56 Å². The van der Waals surface area contributed by atoms with E-state index in [4.69, 9.17) is 0 Å². The van der Waals surface area contributed by atoms with Crippen LogP contribution >= 0.6 is 0 Å². The van der Waals surface area contributed by atoms with Crippen molar-refractivity contribution >= 4 is 27.6 Å². The number of aromatic nitrogens is 1. The number of carbonyl (C=O) groups excluding carboxylic acids is 1. The van der Waals surface area contributed by atoms with Gasteiger partial charge in [0.25, 0.3) is 11.5 Å². The quantitative estimate of drug-likeness (QED) is 0.697. The molecule has 4 nitrogen and oxygen atoms in total. The van der Waals surface area contributed by atoms with Crippen LogP contribution in [-0.2, 0) is 7.05 Å². The first-order valence-electron chi connectivity index (χ1n) is 7.89. The van der Waals surface area contributed by atoms with Crippen LogP contribution in [0.25, 0.3) is 21.7 Å². The molecular formula is C19H20N2O2. The normalized spacial score (nSPS) is 11.1. The molecule has 3 aromatic rings. The molecule has 0 aliphatic rings. The van der Waals surface area contributed by atoms with Crippen molar-refractivity contribution in [1.82, 2.24) is 9.47 Å². The van der Waals surface area contributed by atoms with Crippen molar-refractivity contribution < 1.29 is 4.79 Å². The average Bonchev–Trinajstić information content (AvgIpc) is 2.60. The first-order valence-corrected chi connectivity index (χ1v) is 7.89. The van der Waals surface area contributed by atoms with Crippen molar-refractivity contribution in [3.8, 4) is 0 Å². The van der Waals surface area contributed by atoms with Crippen LogP contribution in [0.4, 0.5) is 0 Å². The van der Waals surface area contributed by atoms with Gasteiger partial charge in [-0.05, 0) is 43.5 Å². The molecule has 2 aromatic carbocycles. The van der Waals surface area contributed by atoms with Gasteiger partial charge in [0.05, 0.1) is 5.52 Å². The van der Waals surface area contributed by atoms with Gasteiger partial charge in [-0.3, -0.25) is 9.59 Å². The second kappa shape index (κ2) is 5.88. The Morgan fingerprint density at radius 1 is 1.00 bits per heavy atom. The summed E-state index contributed by atoms with van der Waals surface area (Å²) in [6.45, 7) is 5.31. The molecule has 1 aromatic heterocycles. The van der Waals surface area contributed by atoms with Gasteiger partial charge in [-0.25, -0.2) is 0 Å². The third kappa shape index (κ3) is 2.40. The summed E-state index contributed by atoms with van der Waals surface area (Å²) in [6, 6.07) is 13.1. The minimum Gasteiger partial charge on any atom is -0.339 e. The molecule has 0 saturated heterocycles. The van der Waals surface area contributed by atoms with Crippen LogP contribution in [0.15, 0.2) is 47.3 Å². The lowest BCUT2D eigenvalue weighted by atomic mass is 10.0. The van der Waals surface area contributed by atoms with Crippen LogP contribution in [0.1, 0.15) is 24.2 Å². The summed E-state index contributed by atoms with van der Waals surface area (Å²) in [7, 11) is 1.77. The van der Waals surface area contributed by atoms with E-state index in [1.807, 2.05) is 50.2 Å². The van der Waals surface area contributed by atoms with Gasteiger partial charge in [0.2, 0.25) is 0 Å². The van der Waals surface area contributed by atoms with E-state index in [2.05, 4.69) is 0 Å². The Labute approximate surface area is 134 Å². The highest BCUT2D eigenvalue weighted by molar-refractivity contribution is 6.08. The summed E-state index contributed by atoms with van der Waals surface area (Å²) in [6.07, 6.45) is 0. The third-order valence-corrected chi connectivity index (χ3v) is 4.41. The zero-order chi connectivity index (χ0) is 16.6. The molecule has 3 rings (SSSR count). The Morgan fingerprint density at radius 2 is 1.65 bits per heavy atom. The van der Waals surface area contributed by atoms with Crippen LogP contribution in [0, 0.1) is 0 Å². The first-order chi connectivity index (χ1) is 11.1. The Hall–Kier alpha value is -2.62. The number of benzene rings is 2. The summed E-state index contributed by atoms with van der Waals surface area (Å²) in [4.78, 5) is 26.8. The van der Waals surface area contributed by atoms with Crippen molar-refractivity contribution in [1.29, 1.82) is 0 Å². The van der Waals surface area contributed by atoms with Gasteiger partial charge in [-0.2, -0.15) is 0 Å². The molecule has 0 unspecified atom stereocenters. The highest BCUT2D eigenvalue weighted by Gasteiger charge is 2.15. The molecular weight excluding hydrogens is 288 g/mol. The monoisotopic (exact) mass is 308 g/mol. The predicted octanol–water partition coefficient (Wildman–Crippen LogP) is 3.17. The number of carbonyl (C=O) groups is 1. The van der Waals surface area contributed by atoms with Gasteiger partial charge in [-0.15, -0.1) is 0 Å². The van der Waals surface area contributed by atoms with E-state index in [-0.39, 0.29) is 11.5 Å². The molecule has 0 fully saturated rings. The van der Waals surface area contributed by atoms with Gasteiger partial charge in [0.1, 0.15) is 0 Å². The maximum atomic E-state index is 12.6. The first kappa shape index (κ1) is 15.3. The number of amides is 1. The number of hydrogen-bond acceptors (Lipinski definition) is 2. The number of hydrogen-bond donors (Lipinski definition) is 0. The molecule has 0 aliphatic carbocycles. The third-order valence-electron chi connectivity index (χ3n) is 4.41. The Bertz CT molecular complexity index is 953. The topological polar surface area (TPSA) is 42.3 Å². The van der Waals surface area contributed by atoms with E-state index < -0.39 is 0 Å². The summed E-state index contributed by atoms with van der Waals surface area (Å²) in [5.74, 6) is 0.0230. The van der Waals surface area contributed by atoms with Crippen molar-refractivity contribution in [2.75, 3.05) is 13.1 Å². The average molecular weight is 308 g/mol. The molecule has 0 saturated carbocycles. The second-order valence-corrected chi connectivity index (χ2v) is 5.62. The zero-order valence-electron chi connectivity index (χ0n) is 13.7. The lowest BCUT2D eigenvalue weighted by Crippen LogP contribution is -2.30. The van der Waals surface area contributed by atoms with Crippen molar-refractivity contribution in [3.63, 3.8) is 0 Å².